The van der Waals surface area contributed by atoms with Crippen molar-refractivity contribution < 1.29 is 9.15 Å². The van der Waals surface area contributed by atoms with Gasteiger partial charge in [-0.15, -0.1) is 0 Å². The first-order chi connectivity index (χ1) is 9.13. The predicted octanol–water partition coefficient (Wildman–Crippen LogP) is 3.70. The molecule has 0 fully saturated rings. The fourth-order valence-electron chi connectivity index (χ4n) is 2.17. The highest BCUT2D eigenvalue weighted by molar-refractivity contribution is 6.30. The number of methoxy groups -OCH3 is 1. The number of halogens is 1. The van der Waals surface area contributed by atoms with Crippen molar-refractivity contribution in [2.45, 2.75) is 19.6 Å². The van der Waals surface area contributed by atoms with E-state index in [1.165, 1.54) is 0 Å². The molecule has 1 aromatic carbocycles. The topological polar surface area (TPSA) is 34.4 Å². The lowest BCUT2D eigenvalue weighted by Gasteiger charge is -2.15. The molecule has 4 heteroatoms. The SMILES string of the molecule is CNC(c1cc(C)cc(Cl)c1)c1ccc(COC)o1. The molecule has 0 saturated carbocycles. The summed E-state index contributed by atoms with van der Waals surface area (Å²) >= 11 is 6.12. The highest BCUT2D eigenvalue weighted by Crippen LogP contribution is 2.27. The molecular formula is C15H18ClNO2. The monoisotopic (exact) mass is 279 g/mol. The summed E-state index contributed by atoms with van der Waals surface area (Å²) in [6, 6.07) is 9.88. The Bertz CT molecular complexity index is 531. The summed E-state index contributed by atoms with van der Waals surface area (Å²) in [5.41, 5.74) is 2.22. The molecule has 1 N–H and O–H groups in total. The summed E-state index contributed by atoms with van der Waals surface area (Å²) in [7, 11) is 3.55. The maximum Gasteiger partial charge on any atom is 0.129 e. The molecule has 2 rings (SSSR count). The van der Waals surface area contributed by atoms with Gasteiger partial charge in [-0.25, -0.2) is 0 Å². The van der Waals surface area contributed by atoms with Gasteiger partial charge in [-0.1, -0.05) is 17.7 Å². The lowest BCUT2D eigenvalue weighted by Crippen LogP contribution is -2.17. The first kappa shape index (κ1) is 14.1. The molecule has 102 valence electrons. The molecule has 0 radical (unpaired) electrons. The molecule has 19 heavy (non-hydrogen) atoms. The summed E-state index contributed by atoms with van der Waals surface area (Å²) in [5.74, 6) is 1.67. The standard InChI is InChI=1S/C15H18ClNO2/c1-10-6-11(8-12(16)7-10)15(17-2)14-5-4-13(19-14)9-18-3/h4-8,15,17H,9H2,1-3H3. The number of nitrogens with one attached hydrogen (secondary N) is 1. The number of hydrogen-bond donors (Lipinski definition) is 1. The van der Waals surface area contributed by atoms with Crippen molar-refractivity contribution in [2.24, 2.45) is 0 Å². The van der Waals surface area contributed by atoms with Crippen molar-refractivity contribution in [1.82, 2.24) is 5.32 Å². The minimum atomic E-state index is -0.0111. The van der Waals surface area contributed by atoms with Gasteiger partial charge in [0.25, 0.3) is 0 Å². The highest BCUT2D eigenvalue weighted by Gasteiger charge is 2.17. The van der Waals surface area contributed by atoms with Crippen LogP contribution in [0.5, 0.6) is 0 Å². The molecule has 0 amide bonds. The highest BCUT2D eigenvalue weighted by atomic mass is 35.5. The van der Waals surface area contributed by atoms with Crippen LogP contribution >= 0.6 is 11.6 Å². The van der Waals surface area contributed by atoms with Crippen molar-refractivity contribution in [2.75, 3.05) is 14.2 Å². The van der Waals surface area contributed by atoms with E-state index in [0.29, 0.717) is 6.61 Å². The Morgan fingerprint density at radius 3 is 2.74 bits per heavy atom. The van der Waals surface area contributed by atoms with Crippen LogP contribution in [-0.4, -0.2) is 14.2 Å². The van der Waals surface area contributed by atoms with Crippen LogP contribution in [0.3, 0.4) is 0 Å². The van der Waals surface area contributed by atoms with Crippen LogP contribution in [0.1, 0.15) is 28.7 Å². The number of hydrogen-bond acceptors (Lipinski definition) is 3. The average Bonchev–Trinajstić information content (AvgIpc) is 2.78. The van der Waals surface area contributed by atoms with Crippen LogP contribution in [0.25, 0.3) is 0 Å². The van der Waals surface area contributed by atoms with Gasteiger partial charge in [-0.05, 0) is 49.4 Å². The third-order valence-electron chi connectivity index (χ3n) is 2.94. The number of ether oxygens (including phenoxy) is 1. The van der Waals surface area contributed by atoms with E-state index in [4.69, 9.17) is 20.8 Å². The fourth-order valence-corrected chi connectivity index (χ4v) is 2.47. The lowest BCUT2D eigenvalue weighted by atomic mass is 10.0. The van der Waals surface area contributed by atoms with Crippen LogP contribution in [0.15, 0.2) is 34.7 Å². The summed E-state index contributed by atoms with van der Waals surface area (Å²) in [6.45, 7) is 2.51. The maximum absolute atomic E-state index is 6.12. The molecule has 0 bridgehead atoms. The second-order valence-corrected chi connectivity index (χ2v) is 4.96. The van der Waals surface area contributed by atoms with E-state index in [2.05, 4.69) is 11.4 Å². The van der Waals surface area contributed by atoms with E-state index in [9.17, 15) is 0 Å². The first-order valence-electron chi connectivity index (χ1n) is 6.16. The molecule has 0 aliphatic rings. The summed E-state index contributed by atoms with van der Waals surface area (Å²) < 4.78 is 10.8. The molecule has 0 saturated heterocycles. The number of benzene rings is 1. The van der Waals surface area contributed by atoms with Crippen LogP contribution in [0.4, 0.5) is 0 Å². The Hall–Kier alpha value is -1.29. The molecule has 1 heterocycles. The molecule has 0 spiro atoms. The van der Waals surface area contributed by atoms with Gasteiger partial charge in [0.05, 0.1) is 6.04 Å². The smallest absolute Gasteiger partial charge is 0.129 e. The molecule has 1 unspecified atom stereocenters. The van der Waals surface area contributed by atoms with Crippen molar-refractivity contribution in [3.8, 4) is 0 Å². The van der Waals surface area contributed by atoms with E-state index >= 15 is 0 Å². The van der Waals surface area contributed by atoms with E-state index in [1.807, 2.05) is 38.2 Å². The van der Waals surface area contributed by atoms with Crippen LogP contribution in [0.2, 0.25) is 5.02 Å². The zero-order chi connectivity index (χ0) is 13.8. The Kier molecular flexibility index (Phi) is 4.64. The number of furan rings is 1. The van der Waals surface area contributed by atoms with Crippen LogP contribution in [0, 0.1) is 6.92 Å². The first-order valence-corrected chi connectivity index (χ1v) is 6.53. The van der Waals surface area contributed by atoms with Gasteiger partial charge in [0.15, 0.2) is 0 Å². The number of aryl methyl sites for hydroxylation is 1. The molecule has 0 aliphatic carbocycles. The summed E-state index contributed by atoms with van der Waals surface area (Å²) in [4.78, 5) is 0. The average molecular weight is 280 g/mol. The third kappa shape index (κ3) is 3.38. The second kappa shape index (κ2) is 6.24. The van der Waals surface area contributed by atoms with Crippen molar-refractivity contribution >= 4 is 11.6 Å². The molecule has 3 nitrogen and oxygen atoms in total. The van der Waals surface area contributed by atoms with Crippen molar-refractivity contribution in [1.29, 1.82) is 0 Å². The molecular weight excluding hydrogens is 262 g/mol. The van der Waals surface area contributed by atoms with Gasteiger partial charge in [0, 0.05) is 12.1 Å². The van der Waals surface area contributed by atoms with Crippen molar-refractivity contribution in [3.05, 3.63) is 58.0 Å². The largest absolute Gasteiger partial charge is 0.462 e. The predicted molar refractivity (Wildman–Crippen MR) is 76.5 cm³/mol. The Morgan fingerprint density at radius 1 is 1.32 bits per heavy atom. The van der Waals surface area contributed by atoms with Crippen LogP contribution in [-0.2, 0) is 11.3 Å². The molecule has 1 atom stereocenters. The van der Waals surface area contributed by atoms with Gasteiger partial charge >= 0.3 is 0 Å². The zero-order valence-corrected chi connectivity index (χ0v) is 12.1. The van der Waals surface area contributed by atoms with Gasteiger partial charge in [-0.2, -0.15) is 0 Å². The Balaban J connectivity index is 2.32. The third-order valence-corrected chi connectivity index (χ3v) is 3.16. The number of rotatable bonds is 5. The molecule has 1 aromatic heterocycles. The summed E-state index contributed by atoms with van der Waals surface area (Å²) in [6.07, 6.45) is 0. The normalized spacial score (nSPS) is 12.6. The van der Waals surface area contributed by atoms with Gasteiger partial charge in [-0.3, -0.25) is 0 Å². The lowest BCUT2D eigenvalue weighted by molar-refractivity contribution is 0.162. The Labute approximate surface area is 118 Å². The van der Waals surface area contributed by atoms with E-state index < -0.39 is 0 Å². The van der Waals surface area contributed by atoms with E-state index in [0.717, 1.165) is 27.7 Å². The minimum Gasteiger partial charge on any atom is -0.462 e. The van der Waals surface area contributed by atoms with E-state index in [1.54, 1.807) is 7.11 Å². The van der Waals surface area contributed by atoms with Crippen LogP contribution < -0.4 is 5.32 Å². The van der Waals surface area contributed by atoms with Gasteiger partial charge in [0.1, 0.15) is 18.1 Å². The summed E-state index contributed by atoms with van der Waals surface area (Å²) in [5, 5.41) is 3.99. The van der Waals surface area contributed by atoms with Gasteiger partial charge < -0.3 is 14.5 Å². The van der Waals surface area contributed by atoms with Gasteiger partial charge in [0.2, 0.25) is 0 Å². The van der Waals surface area contributed by atoms with Crippen molar-refractivity contribution in [3.63, 3.8) is 0 Å². The zero-order valence-electron chi connectivity index (χ0n) is 11.4. The van der Waals surface area contributed by atoms with E-state index in [-0.39, 0.29) is 6.04 Å². The minimum absolute atomic E-state index is 0.0111. The maximum atomic E-state index is 6.12. The second-order valence-electron chi connectivity index (χ2n) is 4.52. The quantitative estimate of drug-likeness (QED) is 0.906. The molecule has 2 aromatic rings. The Morgan fingerprint density at radius 2 is 2.11 bits per heavy atom. The molecule has 0 aliphatic heterocycles. The fraction of sp³-hybridized carbons (Fsp3) is 0.333.